The van der Waals surface area contributed by atoms with Gasteiger partial charge in [0.2, 0.25) is 0 Å². The van der Waals surface area contributed by atoms with Crippen LogP contribution in [-0.2, 0) is 0 Å². The van der Waals surface area contributed by atoms with Gasteiger partial charge in [-0.25, -0.2) is 8.78 Å². The molecular weight excluding hydrogens is 206 g/mol. The van der Waals surface area contributed by atoms with Gasteiger partial charge >= 0.3 is 0 Å². The van der Waals surface area contributed by atoms with Gasteiger partial charge < -0.3 is 5.32 Å². The molecule has 0 amide bonds. The molecule has 0 radical (unpaired) electrons. The van der Waals surface area contributed by atoms with Crippen LogP contribution >= 0.6 is 0 Å². The molecule has 15 heavy (non-hydrogen) atoms. The van der Waals surface area contributed by atoms with Crippen LogP contribution in [0.3, 0.4) is 0 Å². The highest BCUT2D eigenvalue weighted by Crippen LogP contribution is 2.21. The zero-order valence-corrected chi connectivity index (χ0v) is 8.04. The van der Waals surface area contributed by atoms with Crippen molar-refractivity contribution in [1.29, 1.82) is 0 Å². The summed E-state index contributed by atoms with van der Waals surface area (Å²) in [5.41, 5.74) is 1.01. The summed E-state index contributed by atoms with van der Waals surface area (Å²) in [6.45, 7) is 1.17. The lowest BCUT2D eigenvalue weighted by Gasteiger charge is -2.08. The van der Waals surface area contributed by atoms with Crippen LogP contribution in [0.25, 0.3) is 0 Å². The van der Waals surface area contributed by atoms with Gasteiger partial charge in [-0.15, -0.1) is 0 Å². The number of halogens is 2. The Bertz CT molecular complexity index is 369. The van der Waals surface area contributed by atoms with Crippen molar-refractivity contribution < 1.29 is 13.7 Å². The van der Waals surface area contributed by atoms with E-state index in [-0.39, 0.29) is 5.69 Å². The van der Waals surface area contributed by atoms with Gasteiger partial charge in [-0.3, -0.25) is 10.1 Å². The van der Waals surface area contributed by atoms with E-state index in [1.54, 1.807) is 6.92 Å². The van der Waals surface area contributed by atoms with Crippen molar-refractivity contribution in [2.75, 3.05) is 11.9 Å². The first-order chi connectivity index (χ1) is 7.00. The summed E-state index contributed by atoms with van der Waals surface area (Å²) in [5, 5.41) is 12.9. The molecule has 6 heteroatoms. The molecule has 1 rings (SSSR count). The molecule has 0 heterocycles. The van der Waals surface area contributed by atoms with Crippen LogP contribution in [0.4, 0.5) is 20.2 Å². The van der Waals surface area contributed by atoms with Crippen molar-refractivity contribution in [1.82, 2.24) is 0 Å². The van der Waals surface area contributed by atoms with Crippen molar-refractivity contribution in [3.05, 3.63) is 33.9 Å². The van der Waals surface area contributed by atoms with Crippen LogP contribution < -0.4 is 5.32 Å². The van der Waals surface area contributed by atoms with Crippen LogP contribution in [0, 0.1) is 17.0 Å². The first-order valence-corrected chi connectivity index (χ1v) is 4.28. The van der Waals surface area contributed by atoms with E-state index in [4.69, 9.17) is 0 Å². The maximum absolute atomic E-state index is 11.9. The fourth-order valence-corrected chi connectivity index (χ4v) is 1.15. The van der Waals surface area contributed by atoms with Crippen molar-refractivity contribution >= 4 is 11.4 Å². The van der Waals surface area contributed by atoms with E-state index in [1.807, 2.05) is 0 Å². The number of hydrogen-bond acceptors (Lipinski definition) is 3. The van der Waals surface area contributed by atoms with Crippen molar-refractivity contribution in [3.8, 4) is 0 Å². The fraction of sp³-hybridized carbons (Fsp3) is 0.333. The second-order valence-corrected chi connectivity index (χ2v) is 3.03. The average molecular weight is 216 g/mol. The van der Waals surface area contributed by atoms with Crippen molar-refractivity contribution in [2.45, 2.75) is 13.3 Å². The summed E-state index contributed by atoms with van der Waals surface area (Å²) < 4.78 is 23.8. The van der Waals surface area contributed by atoms with E-state index < -0.39 is 17.9 Å². The van der Waals surface area contributed by atoms with Crippen LogP contribution in [0.15, 0.2) is 18.2 Å². The number of rotatable bonds is 4. The van der Waals surface area contributed by atoms with E-state index in [9.17, 15) is 18.9 Å². The highest BCUT2D eigenvalue weighted by atomic mass is 19.3. The van der Waals surface area contributed by atoms with Crippen LogP contribution in [0.5, 0.6) is 0 Å². The molecule has 0 unspecified atom stereocenters. The molecule has 0 saturated heterocycles. The third-order valence-corrected chi connectivity index (χ3v) is 1.87. The Morgan fingerprint density at radius 1 is 1.53 bits per heavy atom. The van der Waals surface area contributed by atoms with Crippen molar-refractivity contribution in [3.63, 3.8) is 0 Å². The number of nitrogens with zero attached hydrogens (tertiary/aromatic N) is 1. The molecule has 1 aromatic carbocycles. The summed E-state index contributed by atoms with van der Waals surface area (Å²) in [5.74, 6) is 0. The summed E-state index contributed by atoms with van der Waals surface area (Å²) in [4.78, 5) is 9.87. The van der Waals surface area contributed by atoms with Gasteiger partial charge in [0, 0.05) is 17.8 Å². The Morgan fingerprint density at radius 2 is 2.20 bits per heavy atom. The molecule has 0 saturated carbocycles. The Morgan fingerprint density at radius 3 is 2.67 bits per heavy atom. The number of aryl methyl sites for hydroxylation is 1. The topological polar surface area (TPSA) is 55.2 Å². The summed E-state index contributed by atoms with van der Waals surface area (Å²) >= 11 is 0. The third kappa shape index (κ3) is 3.16. The number of nitrogens with one attached hydrogen (secondary N) is 1. The van der Waals surface area contributed by atoms with E-state index in [0.717, 1.165) is 0 Å². The second-order valence-electron chi connectivity index (χ2n) is 3.03. The van der Waals surface area contributed by atoms with Gasteiger partial charge in [0.05, 0.1) is 11.5 Å². The molecule has 82 valence electrons. The van der Waals surface area contributed by atoms with Gasteiger partial charge in [-0.05, 0) is 18.6 Å². The normalized spacial score (nSPS) is 10.4. The number of benzene rings is 1. The maximum atomic E-state index is 11.9. The SMILES string of the molecule is Cc1cc([N+](=O)[O-])ccc1NCC(F)F. The standard InChI is InChI=1S/C9H10F2N2O2/c1-6-4-7(13(14)15)2-3-8(6)12-5-9(10)11/h2-4,9,12H,5H2,1H3. The lowest BCUT2D eigenvalue weighted by Crippen LogP contribution is -2.11. The zero-order chi connectivity index (χ0) is 11.4. The number of non-ortho nitro benzene ring substituents is 1. The minimum absolute atomic E-state index is 0.0462. The minimum atomic E-state index is -2.44. The summed E-state index contributed by atoms with van der Waals surface area (Å²) in [6.07, 6.45) is -2.44. The number of anilines is 1. The number of nitro groups is 1. The van der Waals surface area contributed by atoms with Crippen LogP contribution in [0.2, 0.25) is 0 Å². The van der Waals surface area contributed by atoms with Gasteiger partial charge in [0.25, 0.3) is 12.1 Å². The molecule has 0 aliphatic carbocycles. The molecule has 0 aromatic heterocycles. The Labute approximate surface area is 85.1 Å². The van der Waals surface area contributed by atoms with E-state index >= 15 is 0 Å². The molecule has 4 nitrogen and oxygen atoms in total. The monoisotopic (exact) mass is 216 g/mol. The Balaban J connectivity index is 2.79. The van der Waals surface area contributed by atoms with Crippen molar-refractivity contribution in [2.24, 2.45) is 0 Å². The predicted molar refractivity (Wildman–Crippen MR) is 52.3 cm³/mol. The lowest BCUT2D eigenvalue weighted by molar-refractivity contribution is -0.384. The maximum Gasteiger partial charge on any atom is 0.269 e. The Hall–Kier alpha value is -1.72. The van der Waals surface area contributed by atoms with E-state index in [2.05, 4.69) is 5.32 Å². The van der Waals surface area contributed by atoms with Gasteiger partial charge in [-0.2, -0.15) is 0 Å². The largest absolute Gasteiger partial charge is 0.379 e. The van der Waals surface area contributed by atoms with Gasteiger partial charge in [0.15, 0.2) is 0 Å². The number of hydrogen-bond donors (Lipinski definition) is 1. The lowest BCUT2D eigenvalue weighted by atomic mass is 10.2. The molecule has 0 aliphatic heterocycles. The van der Waals surface area contributed by atoms with E-state index in [1.165, 1.54) is 18.2 Å². The van der Waals surface area contributed by atoms with Crippen LogP contribution in [0.1, 0.15) is 5.56 Å². The fourth-order valence-electron chi connectivity index (χ4n) is 1.15. The highest BCUT2D eigenvalue weighted by molar-refractivity contribution is 5.55. The van der Waals surface area contributed by atoms with Crippen LogP contribution in [-0.4, -0.2) is 17.9 Å². The first kappa shape index (κ1) is 11.4. The molecule has 0 bridgehead atoms. The summed E-state index contributed by atoms with van der Waals surface area (Å²) in [6, 6.07) is 4.05. The number of alkyl halides is 2. The zero-order valence-electron chi connectivity index (χ0n) is 8.04. The summed E-state index contributed by atoms with van der Waals surface area (Å²) in [7, 11) is 0. The second kappa shape index (κ2) is 4.68. The molecule has 0 fully saturated rings. The quantitative estimate of drug-likeness (QED) is 0.621. The smallest absolute Gasteiger partial charge is 0.269 e. The van der Waals surface area contributed by atoms with Gasteiger partial charge in [-0.1, -0.05) is 0 Å². The molecule has 1 N–H and O–H groups in total. The molecule has 0 spiro atoms. The first-order valence-electron chi connectivity index (χ1n) is 4.28. The molecule has 1 aromatic rings. The van der Waals surface area contributed by atoms with Gasteiger partial charge in [0.1, 0.15) is 0 Å². The predicted octanol–water partition coefficient (Wildman–Crippen LogP) is 2.58. The Kier molecular flexibility index (Phi) is 3.54. The highest BCUT2D eigenvalue weighted by Gasteiger charge is 2.09. The minimum Gasteiger partial charge on any atom is -0.379 e. The molecule has 0 atom stereocenters. The van der Waals surface area contributed by atoms with E-state index in [0.29, 0.717) is 11.3 Å². The molecular formula is C9H10F2N2O2. The molecule has 0 aliphatic rings. The third-order valence-electron chi connectivity index (χ3n) is 1.87. The average Bonchev–Trinajstić information content (AvgIpc) is 2.15. The number of nitro benzene ring substituents is 1.